The van der Waals surface area contributed by atoms with Gasteiger partial charge in [0.25, 0.3) is 5.88 Å². The van der Waals surface area contributed by atoms with Crippen molar-refractivity contribution in [3.63, 3.8) is 0 Å². The minimum absolute atomic E-state index is 0.149. The van der Waals surface area contributed by atoms with E-state index < -0.39 is 0 Å². The van der Waals surface area contributed by atoms with E-state index in [9.17, 15) is 4.79 Å². The van der Waals surface area contributed by atoms with E-state index in [1.165, 1.54) is 17.5 Å². The fourth-order valence-electron chi connectivity index (χ4n) is 2.76. The highest BCUT2D eigenvalue weighted by Crippen LogP contribution is 2.27. The number of aromatic nitrogens is 2. The molecule has 1 heterocycles. The Balaban J connectivity index is 1.86. The summed E-state index contributed by atoms with van der Waals surface area (Å²) in [6.07, 6.45) is 6.75. The van der Waals surface area contributed by atoms with Gasteiger partial charge in [-0.25, -0.2) is 4.98 Å². The van der Waals surface area contributed by atoms with Crippen LogP contribution in [0.15, 0.2) is 35.4 Å². The first-order valence-electron chi connectivity index (χ1n) is 7.48. The monoisotopic (exact) mass is 284 g/mol. The number of ether oxygens (including phenoxy) is 1. The maximum absolute atomic E-state index is 12.3. The summed E-state index contributed by atoms with van der Waals surface area (Å²) in [5.41, 5.74) is 2.54. The lowest BCUT2D eigenvalue weighted by Crippen LogP contribution is -2.23. The molecule has 0 saturated heterocycles. The first-order valence-corrected chi connectivity index (χ1v) is 7.48. The Morgan fingerprint density at radius 2 is 2.10 bits per heavy atom. The Hall–Kier alpha value is -2.10. The highest BCUT2D eigenvalue weighted by atomic mass is 16.5. The summed E-state index contributed by atoms with van der Waals surface area (Å²) in [6, 6.07) is 6.04. The molecule has 21 heavy (non-hydrogen) atoms. The summed E-state index contributed by atoms with van der Waals surface area (Å²) in [7, 11) is 0. The molecule has 0 fully saturated rings. The number of hydrogen-bond acceptors (Lipinski definition) is 3. The number of hydrogen-bond donors (Lipinski definition) is 0. The van der Waals surface area contributed by atoms with Crippen LogP contribution < -0.4 is 10.3 Å². The third kappa shape index (κ3) is 2.99. The van der Waals surface area contributed by atoms with Crippen molar-refractivity contribution in [1.29, 1.82) is 0 Å². The average molecular weight is 284 g/mol. The molecule has 0 bridgehead atoms. The minimum atomic E-state index is -0.174. The van der Waals surface area contributed by atoms with Gasteiger partial charge in [0.1, 0.15) is 5.75 Å². The fraction of sp³-hybridized carbons (Fsp3) is 0.412. The number of fused-ring (bicyclic) bond motifs is 1. The third-order valence-electron chi connectivity index (χ3n) is 3.73. The maximum atomic E-state index is 12.3. The summed E-state index contributed by atoms with van der Waals surface area (Å²) in [5, 5.41) is 0. The Kier molecular flexibility index (Phi) is 3.78. The fourth-order valence-corrected chi connectivity index (χ4v) is 2.76. The van der Waals surface area contributed by atoms with E-state index in [2.05, 4.69) is 24.9 Å². The predicted octanol–water partition coefficient (Wildman–Crippen LogP) is 3.18. The molecule has 4 nitrogen and oxygen atoms in total. The molecule has 2 aromatic rings. The zero-order valence-corrected chi connectivity index (χ0v) is 12.5. The minimum Gasteiger partial charge on any atom is -0.435 e. The zero-order valence-electron chi connectivity index (χ0n) is 12.5. The largest absolute Gasteiger partial charge is 0.435 e. The van der Waals surface area contributed by atoms with Crippen molar-refractivity contribution in [3.05, 3.63) is 52.1 Å². The van der Waals surface area contributed by atoms with E-state index in [1.807, 2.05) is 12.1 Å². The van der Waals surface area contributed by atoms with E-state index in [4.69, 9.17) is 4.74 Å². The van der Waals surface area contributed by atoms with Crippen LogP contribution in [-0.2, 0) is 19.4 Å². The molecule has 0 saturated carbocycles. The molecule has 0 aliphatic heterocycles. The first kappa shape index (κ1) is 13.9. The molecule has 110 valence electrons. The molecule has 0 radical (unpaired) electrons. The molecule has 0 spiro atoms. The molecule has 0 unspecified atom stereocenters. The van der Waals surface area contributed by atoms with Crippen molar-refractivity contribution in [2.45, 2.75) is 39.7 Å². The summed E-state index contributed by atoms with van der Waals surface area (Å²) in [4.78, 5) is 16.4. The quantitative estimate of drug-likeness (QED) is 0.866. The normalized spacial score (nSPS) is 13.5. The van der Waals surface area contributed by atoms with Crippen LogP contribution >= 0.6 is 0 Å². The maximum Gasteiger partial charge on any atom is 0.313 e. The van der Waals surface area contributed by atoms with E-state index in [1.54, 1.807) is 17.0 Å². The Morgan fingerprint density at radius 3 is 2.90 bits per heavy atom. The SMILES string of the molecule is CC(C)Cn1ccnc(Oc2ccc3c(c2)CCC3)c1=O. The number of rotatable bonds is 4. The second-order valence-corrected chi connectivity index (χ2v) is 5.97. The first-order chi connectivity index (χ1) is 10.1. The van der Waals surface area contributed by atoms with Crippen molar-refractivity contribution in [2.24, 2.45) is 5.92 Å². The molecule has 1 aliphatic carbocycles. The lowest BCUT2D eigenvalue weighted by molar-refractivity contribution is 0.432. The van der Waals surface area contributed by atoms with Crippen molar-refractivity contribution in [1.82, 2.24) is 9.55 Å². The molecule has 3 rings (SSSR count). The average Bonchev–Trinajstić information content (AvgIpc) is 2.90. The van der Waals surface area contributed by atoms with Crippen molar-refractivity contribution in [2.75, 3.05) is 0 Å². The molecule has 4 heteroatoms. The summed E-state index contributed by atoms with van der Waals surface area (Å²) >= 11 is 0. The van der Waals surface area contributed by atoms with Gasteiger partial charge in [0.05, 0.1) is 0 Å². The summed E-state index contributed by atoms with van der Waals surface area (Å²) < 4.78 is 7.37. The molecular weight excluding hydrogens is 264 g/mol. The van der Waals surface area contributed by atoms with Gasteiger partial charge in [-0.15, -0.1) is 0 Å². The van der Waals surface area contributed by atoms with Crippen LogP contribution in [0, 0.1) is 5.92 Å². The van der Waals surface area contributed by atoms with Crippen LogP contribution in [0.2, 0.25) is 0 Å². The van der Waals surface area contributed by atoms with Gasteiger partial charge in [-0.05, 0) is 48.4 Å². The van der Waals surface area contributed by atoms with Crippen LogP contribution in [0.4, 0.5) is 0 Å². The summed E-state index contributed by atoms with van der Waals surface area (Å²) in [6.45, 7) is 4.82. The van der Waals surface area contributed by atoms with Gasteiger partial charge in [-0.1, -0.05) is 19.9 Å². The molecule has 0 N–H and O–H groups in total. The van der Waals surface area contributed by atoms with Crippen molar-refractivity contribution in [3.8, 4) is 11.6 Å². The van der Waals surface area contributed by atoms with E-state index in [0.29, 0.717) is 18.2 Å². The van der Waals surface area contributed by atoms with E-state index in [-0.39, 0.29) is 11.4 Å². The van der Waals surface area contributed by atoms with Crippen molar-refractivity contribution < 1.29 is 4.74 Å². The van der Waals surface area contributed by atoms with Gasteiger partial charge < -0.3 is 9.30 Å². The van der Waals surface area contributed by atoms with Crippen LogP contribution in [0.25, 0.3) is 0 Å². The molecule has 0 atom stereocenters. The van der Waals surface area contributed by atoms with Gasteiger partial charge in [-0.3, -0.25) is 4.79 Å². The Morgan fingerprint density at radius 1 is 1.29 bits per heavy atom. The van der Waals surface area contributed by atoms with Gasteiger partial charge in [0.2, 0.25) is 0 Å². The van der Waals surface area contributed by atoms with Gasteiger partial charge in [0, 0.05) is 18.9 Å². The smallest absolute Gasteiger partial charge is 0.313 e. The highest BCUT2D eigenvalue weighted by molar-refractivity contribution is 5.39. The molecule has 0 amide bonds. The molecular formula is C17H20N2O2. The molecule has 1 aromatic carbocycles. The van der Waals surface area contributed by atoms with Crippen LogP contribution in [0.1, 0.15) is 31.4 Å². The van der Waals surface area contributed by atoms with Crippen LogP contribution in [-0.4, -0.2) is 9.55 Å². The number of benzene rings is 1. The number of aryl methyl sites for hydroxylation is 2. The predicted molar refractivity (Wildman–Crippen MR) is 81.9 cm³/mol. The molecule has 1 aliphatic rings. The van der Waals surface area contributed by atoms with E-state index >= 15 is 0 Å². The standard InChI is InChI=1S/C17H20N2O2/c1-12(2)11-19-9-8-18-16(17(19)20)21-15-7-6-13-4-3-5-14(13)10-15/h6-10,12H,3-5,11H2,1-2H3. The van der Waals surface area contributed by atoms with Crippen molar-refractivity contribution >= 4 is 0 Å². The highest BCUT2D eigenvalue weighted by Gasteiger charge is 2.13. The lowest BCUT2D eigenvalue weighted by Gasteiger charge is -2.10. The van der Waals surface area contributed by atoms with E-state index in [0.717, 1.165) is 12.8 Å². The second kappa shape index (κ2) is 5.72. The van der Waals surface area contributed by atoms with Crippen LogP contribution in [0.3, 0.4) is 0 Å². The van der Waals surface area contributed by atoms with Crippen LogP contribution in [0.5, 0.6) is 11.6 Å². The molecule has 1 aromatic heterocycles. The second-order valence-electron chi connectivity index (χ2n) is 5.97. The third-order valence-corrected chi connectivity index (χ3v) is 3.73. The topological polar surface area (TPSA) is 44.1 Å². The van der Waals surface area contributed by atoms with Gasteiger partial charge >= 0.3 is 5.56 Å². The zero-order chi connectivity index (χ0) is 14.8. The number of nitrogens with zero attached hydrogens (tertiary/aromatic N) is 2. The Bertz CT molecular complexity index is 704. The Labute approximate surface area is 124 Å². The van der Waals surface area contributed by atoms with Gasteiger partial charge in [0.15, 0.2) is 0 Å². The lowest BCUT2D eigenvalue weighted by atomic mass is 10.1. The van der Waals surface area contributed by atoms with Gasteiger partial charge in [-0.2, -0.15) is 0 Å². The summed E-state index contributed by atoms with van der Waals surface area (Å²) in [5.74, 6) is 1.25.